The second kappa shape index (κ2) is 6.47. The molecule has 20 heavy (non-hydrogen) atoms. The zero-order chi connectivity index (χ0) is 14.5. The number of amides is 1. The summed E-state index contributed by atoms with van der Waals surface area (Å²) in [4.78, 5) is 28.7. The lowest BCUT2D eigenvalue weighted by atomic mass is 10.2. The van der Waals surface area contributed by atoms with E-state index in [0.29, 0.717) is 12.6 Å². The number of aromatic nitrogens is 1. The summed E-state index contributed by atoms with van der Waals surface area (Å²) in [5.41, 5.74) is 0.317. The Morgan fingerprint density at radius 1 is 1.45 bits per heavy atom. The highest BCUT2D eigenvalue weighted by Gasteiger charge is 2.27. The maximum atomic E-state index is 11.8. The number of hydrogen-bond acceptors (Lipinski definition) is 4. The van der Waals surface area contributed by atoms with E-state index in [0.717, 1.165) is 13.1 Å². The Labute approximate surface area is 117 Å². The molecular weight excluding hydrogens is 258 g/mol. The molecule has 2 N–H and O–H groups in total. The van der Waals surface area contributed by atoms with Crippen LogP contribution in [0.15, 0.2) is 18.3 Å². The first-order valence-electron chi connectivity index (χ1n) is 6.83. The van der Waals surface area contributed by atoms with Gasteiger partial charge in [0.2, 0.25) is 0 Å². The summed E-state index contributed by atoms with van der Waals surface area (Å²) in [6, 6.07) is 3.49. The Morgan fingerprint density at radius 3 is 2.70 bits per heavy atom. The van der Waals surface area contributed by atoms with Crippen molar-refractivity contribution in [2.24, 2.45) is 0 Å². The minimum Gasteiger partial charge on any atom is -0.478 e. The van der Waals surface area contributed by atoms with E-state index >= 15 is 0 Å². The molecule has 0 saturated heterocycles. The second-order valence-corrected chi connectivity index (χ2v) is 4.85. The predicted octanol–water partition coefficient (Wildman–Crippen LogP) is 0.994. The minimum absolute atomic E-state index is 0.0763. The molecule has 2 rings (SSSR count). The van der Waals surface area contributed by atoms with Gasteiger partial charge >= 0.3 is 5.97 Å². The number of nitrogens with zero attached hydrogens (tertiary/aromatic N) is 2. The highest BCUT2D eigenvalue weighted by molar-refractivity contribution is 5.93. The van der Waals surface area contributed by atoms with Gasteiger partial charge in [-0.25, -0.2) is 4.79 Å². The predicted molar refractivity (Wildman–Crippen MR) is 73.8 cm³/mol. The van der Waals surface area contributed by atoms with E-state index in [-0.39, 0.29) is 17.2 Å². The van der Waals surface area contributed by atoms with E-state index in [9.17, 15) is 9.59 Å². The fourth-order valence-electron chi connectivity index (χ4n) is 2.10. The summed E-state index contributed by atoms with van der Waals surface area (Å²) in [5.74, 6) is -1.32. The van der Waals surface area contributed by atoms with Crippen LogP contribution in [0.25, 0.3) is 0 Å². The lowest BCUT2D eigenvalue weighted by Crippen LogP contribution is -2.36. The van der Waals surface area contributed by atoms with Crippen molar-refractivity contribution < 1.29 is 14.7 Å². The summed E-state index contributed by atoms with van der Waals surface area (Å²) in [6.45, 7) is 4.52. The van der Waals surface area contributed by atoms with Gasteiger partial charge in [0, 0.05) is 25.3 Å². The third-order valence-electron chi connectivity index (χ3n) is 3.40. The highest BCUT2D eigenvalue weighted by atomic mass is 16.4. The van der Waals surface area contributed by atoms with Crippen molar-refractivity contribution in [3.05, 3.63) is 29.6 Å². The number of carboxylic acids is 1. The SMILES string of the molecule is CCN(CCNC(=O)c1ccc(C(=O)O)cn1)C1CC1. The monoisotopic (exact) mass is 277 g/mol. The standard InChI is InChI=1S/C14H19N3O3/c1-2-17(11-4-5-11)8-7-15-13(18)12-6-3-10(9-16-12)14(19)20/h3,6,9,11H,2,4-5,7-8H2,1H3,(H,15,18)(H,19,20). The molecule has 6 heteroatoms. The van der Waals surface area contributed by atoms with Gasteiger partial charge in [-0.3, -0.25) is 14.7 Å². The maximum Gasteiger partial charge on any atom is 0.337 e. The first kappa shape index (κ1) is 14.5. The van der Waals surface area contributed by atoms with Crippen molar-refractivity contribution in [1.82, 2.24) is 15.2 Å². The van der Waals surface area contributed by atoms with Gasteiger partial charge in [-0.15, -0.1) is 0 Å². The van der Waals surface area contributed by atoms with Crippen LogP contribution in [0.1, 0.15) is 40.6 Å². The van der Waals surface area contributed by atoms with Gasteiger partial charge in [0.1, 0.15) is 5.69 Å². The van der Waals surface area contributed by atoms with Crippen LogP contribution in [0, 0.1) is 0 Å². The minimum atomic E-state index is -1.05. The summed E-state index contributed by atoms with van der Waals surface area (Å²) >= 11 is 0. The third kappa shape index (κ3) is 3.77. The van der Waals surface area contributed by atoms with Crippen molar-refractivity contribution in [2.75, 3.05) is 19.6 Å². The fourth-order valence-corrected chi connectivity index (χ4v) is 2.10. The zero-order valence-corrected chi connectivity index (χ0v) is 11.5. The number of likely N-dealkylation sites (N-methyl/N-ethyl adjacent to an activating group) is 1. The zero-order valence-electron chi connectivity index (χ0n) is 11.5. The molecule has 1 saturated carbocycles. The molecule has 1 fully saturated rings. The number of nitrogens with one attached hydrogen (secondary N) is 1. The largest absolute Gasteiger partial charge is 0.478 e. The smallest absolute Gasteiger partial charge is 0.337 e. The second-order valence-electron chi connectivity index (χ2n) is 4.85. The van der Waals surface area contributed by atoms with Crippen LogP contribution in [0.4, 0.5) is 0 Å². The molecule has 1 heterocycles. The summed E-state index contributed by atoms with van der Waals surface area (Å²) in [7, 11) is 0. The van der Waals surface area contributed by atoms with E-state index in [2.05, 4.69) is 22.1 Å². The molecular formula is C14H19N3O3. The van der Waals surface area contributed by atoms with Gasteiger partial charge in [0.05, 0.1) is 5.56 Å². The molecule has 1 aromatic rings. The number of rotatable bonds is 7. The Hall–Kier alpha value is -1.95. The molecule has 1 aromatic heterocycles. The van der Waals surface area contributed by atoms with Crippen molar-refractivity contribution >= 4 is 11.9 Å². The Balaban J connectivity index is 1.80. The van der Waals surface area contributed by atoms with Crippen LogP contribution in [0.2, 0.25) is 0 Å². The molecule has 0 bridgehead atoms. The van der Waals surface area contributed by atoms with E-state index < -0.39 is 5.97 Å². The Bertz CT molecular complexity index is 483. The summed E-state index contributed by atoms with van der Waals surface area (Å²) in [5, 5.41) is 11.6. The molecule has 1 amide bonds. The van der Waals surface area contributed by atoms with Crippen LogP contribution in [-0.4, -0.2) is 52.5 Å². The molecule has 0 spiro atoms. The van der Waals surface area contributed by atoms with Gasteiger partial charge in [0.15, 0.2) is 0 Å². The van der Waals surface area contributed by atoms with Gasteiger partial charge in [-0.1, -0.05) is 6.92 Å². The first-order valence-corrected chi connectivity index (χ1v) is 6.83. The van der Waals surface area contributed by atoms with Gasteiger partial charge in [0.25, 0.3) is 5.91 Å². The van der Waals surface area contributed by atoms with Gasteiger partial charge in [-0.05, 0) is 31.5 Å². The van der Waals surface area contributed by atoms with E-state index in [4.69, 9.17) is 5.11 Å². The van der Waals surface area contributed by atoms with Gasteiger partial charge < -0.3 is 10.4 Å². The lowest BCUT2D eigenvalue weighted by molar-refractivity contribution is 0.0695. The molecule has 0 radical (unpaired) electrons. The molecule has 108 valence electrons. The molecule has 0 unspecified atom stereocenters. The number of carbonyl (C=O) groups excluding carboxylic acids is 1. The normalized spacial score (nSPS) is 14.3. The summed E-state index contributed by atoms with van der Waals surface area (Å²) in [6.07, 6.45) is 3.69. The topological polar surface area (TPSA) is 82.5 Å². The van der Waals surface area contributed by atoms with Crippen molar-refractivity contribution in [3.63, 3.8) is 0 Å². The molecule has 0 aliphatic heterocycles. The van der Waals surface area contributed by atoms with Crippen molar-refractivity contribution in [3.8, 4) is 0 Å². The van der Waals surface area contributed by atoms with Crippen molar-refractivity contribution in [2.45, 2.75) is 25.8 Å². The highest BCUT2D eigenvalue weighted by Crippen LogP contribution is 2.25. The Kier molecular flexibility index (Phi) is 4.68. The fraction of sp³-hybridized carbons (Fsp3) is 0.500. The number of pyridine rings is 1. The maximum absolute atomic E-state index is 11.8. The van der Waals surface area contributed by atoms with Gasteiger partial charge in [-0.2, -0.15) is 0 Å². The Morgan fingerprint density at radius 2 is 2.20 bits per heavy atom. The molecule has 0 atom stereocenters. The molecule has 0 aromatic carbocycles. The van der Waals surface area contributed by atoms with Crippen LogP contribution in [0.3, 0.4) is 0 Å². The lowest BCUT2D eigenvalue weighted by Gasteiger charge is -2.19. The molecule has 6 nitrogen and oxygen atoms in total. The average molecular weight is 277 g/mol. The number of aromatic carboxylic acids is 1. The number of carboxylic acid groups (broad SMARTS) is 1. The van der Waals surface area contributed by atoms with Crippen LogP contribution in [0.5, 0.6) is 0 Å². The number of hydrogen-bond donors (Lipinski definition) is 2. The molecule has 1 aliphatic rings. The molecule has 1 aliphatic carbocycles. The first-order chi connectivity index (χ1) is 9.61. The third-order valence-corrected chi connectivity index (χ3v) is 3.40. The average Bonchev–Trinajstić information content (AvgIpc) is 3.28. The van der Waals surface area contributed by atoms with E-state index in [1.807, 2.05) is 0 Å². The number of carbonyl (C=O) groups is 2. The van der Waals surface area contributed by atoms with Crippen LogP contribution >= 0.6 is 0 Å². The van der Waals surface area contributed by atoms with E-state index in [1.54, 1.807) is 0 Å². The van der Waals surface area contributed by atoms with Crippen LogP contribution in [-0.2, 0) is 0 Å². The summed E-state index contributed by atoms with van der Waals surface area (Å²) < 4.78 is 0. The van der Waals surface area contributed by atoms with Crippen molar-refractivity contribution in [1.29, 1.82) is 0 Å². The van der Waals surface area contributed by atoms with Crippen LogP contribution < -0.4 is 5.32 Å². The quantitative estimate of drug-likeness (QED) is 0.776. The van der Waals surface area contributed by atoms with E-state index in [1.165, 1.54) is 31.2 Å².